The summed E-state index contributed by atoms with van der Waals surface area (Å²) in [6, 6.07) is 0.295. The molecule has 2 aliphatic heterocycles. The van der Waals surface area contributed by atoms with Crippen molar-refractivity contribution in [3.05, 3.63) is 5.82 Å². The van der Waals surface area contributed by atoms with Crippen LogP contribution in [0.15, 0.2) is 0 Å². The highest BCUT2D eigenvalue weighted by Gasteiger charge is 2.34. The van der Waals surface area contributed by atoms with Gasteiger partial charge in [-0.1, -0.05) is 6.92 Å². The summed E-state index contributed by atoms with van der Waals surface area (Å²) in [4.78, 5) is 7.61. The van der Waals surface area contributed by atoms with E-state index in [1.54, 1.807) is 4.68 Å². The molecule has 1 aromatic heterocycles. The Hall–Kier alpha value is -1.05. The van der Waals surface area contributed by atoms with Gasteiger partial charge in [-0.3, -0.25) is 4.90 Å². The molecule has 0 amide bonds. The number of nitrogens with zero attached hydrogens (tertiary/aromatic N) is 7. The van der Waals surface area contributed by atoms with Gasteiger partial charge in [-0.2, -0.15) is 0 Å². The molecule has 0 unspecified atom stereocenters. The van der Waals surface area contributed by atoms with Crippen LogP contribution >= 0.6 is 0 Å². The Labute approximate surface area is 139 Å². The number of aryl methyl sites for hydroxylation is 1. The van der Waals surface area contributed by atoms with Crippen LogP contribution in [0.3, 0.4) is 0 Å². The van der Waals surface area contributed by atoms with Crippen LogP contribution in [0.5, 0.6) is 0 Å². The number of hydrogen-bond donors (Lipinski definition) is 0. The molecule has 130 valence electrons. The Kier molecular flexibility index (Phi) is 4.98. The predicted molar refractivity (Wildman–Crippen MR) is 90.1 cm³/mol. The summed E-state index contributed by atoms with van der Waals surface area (Å²) in [5, 5.41) is 11.9. The van der Waals surface area contributed by atoms with Gasteiger partial charge < -0.3 is 9.80 Å². The van der Waals surface area contributed by atoms with Crippen molar-refractivity contribution in [1.29, 1.82) is 0 Å². The number of piperazine rings is 1. The second kappa shape index (κ2) is 6.83. The molecule has 1 aromatic rings. The van der Waals surface area contributed by atoms with Crippen molar-refractivity contribution >= 4 is 0 Å². The summed E-state index contributed by atoms with van der Waals surface area (Å²) in [6.07, 6.45) is 2.52. The van der Waals surface area contributed by atoms with E-state index in [9.17, 15) is 0 Å². The zero-order chi connectivity index (χ0) is 16.4. The van der Waals surface area contributed by atoms with Crippen molar-refractivity contribution in [2.45, 2.75) is 32.7 Å². The van der Waals surface area contributed by atoms with Gasteiger partial charge in [0.25, 0.3) is 0 Å². The fourth-order valence-electron chi connectivity index (χ4n) is 3.91. The highest BCUT2D eigenvalue weighted by Crippen LogP contribution is 2.34. The van der Waals surface area contributed by atoms with Gasteiger partial charge in [0.2, 0.25) is 0 Å². The molecule has 3 rings (SSSR count). The van der Waals surface area contributed by atoms with E-state index in [0.717, 1.165) is 18.9 Å². The van der Waals surface area contributed by atoms with Crippen LogP contribution in [0.1, 0.15) is 38.6 Å². The SMILES string of the molecule is C[C@H](c1nnnn1C)N1CCC(C)(CN2CCN(C)CC2)CC1. The van der Waals surface area contributed by atoms with Crippen molar-refractivity contribution in [3.63, 3.8) is 0 Å². The number of rotatable bonds is 4. The average molecular weight is 321 g/mol. The molecule has 0 bridgehead atoms. The van der Waals surface area contributed by atoms with Crippen molar-refractivity contribution in [2.75, 3.05) is 52.9 Å². The van der Waals surface area contributed by atoms with Gasteiger partial charge in [-0.25, -0.2) is 4.68 Å². The molecule has 2 saturated heterocycles. The predicted octanol–water partition coefficient (Wildman–Crippen LogP) is 0.621. The molecule has 3 heterocycles. The first-order valence-corrected chi connectivity index (χ1v) is 8.84. The van der Waals surface area contributed by atoms with Crippen molar-refractivity contribution in [1.82, 2.24) is 34.9 Å². The second-order valence-electron chi connectivity index (χ2n) is 7.76. The van der Waals surface area contributed by atoms with E-state index in [-0.39, 0.29) is 0 Å². The molecular weight excluding hydrogens is 290 g/mol. The fourth-order valence-corrected chi connectivity index (χ4v) is 3.91. The van der Waals surface area contributed by atoms with Gasteiger partial charge in [0.1, 0.15) is 0 Å². The highest BCUT2D eigenvalue weighted by molar-refractivity contribution is 4.94. The minimum absolute atomic E-state index is 0.295. The van der Waals surface area contributed by atoms with Gasteiger partial charge in [0, 0.05) is 39.8 Å². The molecule has 7 nitrogen and oxygen atoms in total. The maximum Gasteiger partial charge on any atom is 0.167 e. The fraction of sp³-hybridized carbons (Fsp3) is 0.938. The van der Waals surface area contributed by atoms with E-state index in [0.29, 0.717) is 11.5 Å². The van der Waals surface area contributed by atoms with Crippen molar-refractivity contribution < 1.29 is 0 Å². The number of hydrogen-bond acceptors (Lipinski definition) is 6. The van der Waals surface area contributed by atoms with Gasteiger partial charge in [0.15, 0.2) is 5.82 Å². The summed E-state index contributed by atoms with van der Waals surface area (Å²) in [5.41, 5.74) is 0.449. The monoisotopic (exact) mass is 321 g/mol. The van der Waals surface area contributed by atoms with E-state index in [4.69, 9.17) is 0 Å². The largest absolute Gasteiger partial charge is 0.304 e. The lowest BCUT2D eigenvalue weighted by Crippen LogP contribution is -2.50. The number of likely N-dealkylation sites (N-methyl/N-ethyl adjacent to an activating group) is 1. The third-order valence-electron chi connectivity index (χ3n) is 5.78. The van der Waals surface area contributed by atoms with Crippen LogP contribution in [0.4, 0.5) is 0 Å². The third kappa shape index (κ3) is 3.89. The molecule has 0 spiro atoms. The highest BCUT2D eigenvalue weighted by atomic mass is 15.5. The summed E-state index contributed by atoms with van der Waals surface area (Å²) in [6.45, 7) is 13.1. The standard InChI is InChI=1S/C16H31N7/c1-14(15-17-18-19-21(15)4)23-7-5-16(2,6-8-23)13-22-11-9-20(3)10-12-22/h14H,5-13H2,1-4H3/t14-/m1/s1. The molecule has 7 heteroatoms. The number of piperidine rings is 1. The van der Waals surface area contributed by atoms with Gasteiger partial charge in [-0.05, 0) is 55.7 Å². The minimum atomic E-state index is 0.295. The van der Waals surface area contributed by atoms with Crippen molar-refractivity contribution in [2.24, 2.45) is 12.5 Å². The van der Waals surface area contributed by atoms with Crippen LogP contribution in [-0.2, 0) is 7.05 Å². The molecule has 0 aliphatic carbocycles. The topological polar surface area (TPSA) is 53.3 Å². The third-order valence-corrected chi connectivity index (χ3v) is 5.78. The van der Waals surface area contributed by atoms with E-state index < -0.39 is 0 Å². The van der Waals surface area contributed by atoms with Crippen LogP contribution in [-0.4, -0.2) is 87.8 Å². The van der Waals surface area contributed by atoms with Crippen LogP contribution in [0, 0.1) is 5.41 Å². The zero-order valence-corrected chi connectivity index (χ0v) is 15.1. The van der Waals surface area contributed by atoms with E-state index in [2.05, 4.69) is 51.1 Å². The lowest BCUT2D eigenvalue weighted by molar-refractivity contribution is 0.0397. The summed E-state index contributed by atoms with van der Waals surface area (Å²) >= 11 is 0. The number of aromatic nitrogens is 4. The van der Waals surface area contributed by atoms with E-state index in [1.165, 1.54) is 45.6 Å². The lowest BCUT2D eigenvalue weighted by Gasteiger charge is -2.45. The zero-order valence-electron chi connectivity index (χ0n) is 15.1. The van der Waals surface area contributed by atoms with Gasteiger partial charge in [-0.15, -0.1) is 5.10 Å². The summed E-state index contributed by atoms with van der Waals surface area (Å²) in [7, 11) is 4.15. The summed E-state index contributed by atoms with van der Waals surface area (Å²) in [5.74, 6) is 0.965. The second-order valence-corrected chi connectivity index (χ2v) is 7.76. The Morgan fingerprint density at radius 3 is 2.26 bits per heavy atom. The van der Waals surface area contributed by atoms with Crippen LogP contribution in [0.2, 0.25) is 0 Å². The summed E-state index contributed by atoms with van der Waals surface area (Å²) < 4.78 is 1.79. The van der Waals surface area contributed by atoms with Gasteiger partial charge >= 0.3 is 0 Å². The molecule has 0 N–H and O–H groups in total. The molecular formula is C16H31N7. The Balaban J connectivity index is 1.52. The maximum atomic E-state index is 4.18. The first kappa shape index (κ1) is 16.8. The van der Waals surface area contributed by atoms with Crippen LogP contribution in [0.25, 0.3) is 0 Å². The molecule has 0 radical (unpaired) electrons. The molecule has 2 fully saturated rings. The smallest absolute Gasteiger partial charge is 0.167 e. The Morgan fingerprint density at radius 2 is 1.70 bits per heavy atom. The normalized spacial score (nSPS) is 25.6. The minimum Gasteiger partial charge on any atom is -0.304 e. The first-order chi connectivity index (χ1) is 11.0. The van der Waals surface area contributed by atoms with Crippen molar-refractivity contribution in [3.8, 4) is 0 Å². The quantitative estimate of drug-likeness (QED) is 0.810. The molecule has 23 heavy (non-hydrogen) atoms. The molecule has 0 aromatic carbocycles. The van der Waals surface area contributed by atoms with E-state index in [1.807, 2.05) is 7.05 Å². The first-order valence-electron chi connectivity index (χ1n) is 8.84. The van der Waals surface area contributed by atoms with Gasteiger partial charge in [0.05, 0.1) is 6.04 Å². The van der Waals surface area contributed by atoms with Crippen LogP contribution < -0.4 is 0 Å². The Bertz CT molecular complexity index is 498. The number of likely N-dealkylation sites (tertiary alicyclic amines) is 1. The average Bonchev–Trinajstić information content (AvgIpc) is 2.96. The molecule has 1 atom stereocenters. The maximum absolute atomic E-state index is 4.18. The number of tetrazole rings is 1. The van der Waals surface area contributed by atoms with E-state index >= 15 is 0 Å². The lowest BCUT2D eigenvalue weighted by atomic mass is 9.79. The Morgan fingerprint density at radius 1 is 1.04 bits per heavy atom. The molecule has 2 aliphatic rings. The molecule has 0 saturated carbocycles.